The van der Waals surface area contributed by atoms with Gasteiger partial charge in [0.05, 0.1) is 4.90 Å². The van der Waals surface area contributed by atoms with Crippen molar-refractivity contribution in [1.29, 1.82) is 0 Å². The molecule has 0 aromatic heterocycles. The Morgan fingerprint density at radius 1 is 1.25 bits per heavy atom. The molecule has 1 aliphatic heterocycles. The molecule has 1 heterocycles. The number of sulfonamides is 1. The maximum Gasteiger partial charge on any atom is 0.243 e. The third-order valence-electron chi connectivity index (χ3n) is 2.88. The molecule has 1 aliphatic rings. The number of nitrogen functional groups attached to an aromatic ring is 1. The van der Waals surface area contributed by atoms with Crippen LogP contribution in [-0.4, -0.2) is 25.8 Å². The largest absolute Gasteiger partial charge is 0.399 e. The van der Waals surface area contributed by atoms with E-state index in [2.05, 4.69) is 0 Å². The predicted molar refractivity (Wildman–Crippen MR) is 63.6 cm³/mol. The van der Waals surface area contributed by atoms with Crippen LogP contribution in [0.5, 0.6) is 0 Å². The number of nitrogens with zero attached hydrogens (tertiary/aromatic N) is 1. The standard InChI is InChI=1S/C11H16N2O2S/c1-9-8-10(12)4-5-11(9)16(14,15)13-6-2-3-7-13/h4-5,8H,2-3,6-7,12H2,1H3. The van der Waals surface area contributed by atoms with Crippen molar-refractivity contribution in [2.45, 2.75) is 24.7 Å². The first kappa shape index (κ1) is 11.4. The van der Waals surface area contributed by atoms with Crippen LogP contribution in [0.4, 0.5) is 5.69 Å². The summed E-state index contributed by atoms with van der Waals surface area (Å²) < 4.78 is 26.1. The molecule has 1 saturated heterocycles. The lowest BCUT2D eigenvalue weighted by Gasteiger charge is -2.17. The fraction of sp³-hybridized carbons (Fsp3) is 0.455. The third-order valence-corrected chi connectivity index (χ3v) is 4.94. The number of hydrogen-bond acceptors (Lipinski definition) is 3. The van der Waals surface area contributed by atoms with Crippen molar-refractivity contribution >= 4 is 15.7 Å². The molecule has 0 unspecified atom stereocenters. The Hall–Kier alpha value is -1.07. The highest BCUT2D eigenvalue weighted by molar-refractivity contribution is 7.89. The van der Waals surface area contributed by atoms with Crippen LogP contribution in [0, 0.1) is 6.92 Å². The van der Waals surface area contributed by atoms with E-state index in [9.17, 15) is 8.42 Å². The van der Waals surface area contributed by atoms with Crippen molar-refractivity contribution in [2.24, 2.45) is 0 Å². The zero-order valence-corrected chi connectivity index (χ0v) is 10.1. The van der Waals surface area contributed by atoms with Gasteiger partial charge in [-0.25, -0.2) is 8.42 Å². The summed E-state index contributed by atoms with van der Waals surface area (Å²) >= 11 is 0. The highest BCUT2D eigenvalue weighted by atomic mass is 32.2. The second-order valence-electron chi connectivity index (χ2n) is 4.14. The van der Waals surface area contributed by atoms with Crippen molar-refractivity contribution in [3.8, 4) is 0 Å². The molecule has 5 heteroatoms. The first-order valence-corrected chi connectivity index (χ1v) is 6.82. The van der Waals surface area contributed by atoms with Gasteiger partial charge < -0.3 is 5.73 Å². The van der Waals surface area contributed by atoms with Gasteiger partial charge in [-0.3, -0.25) is 0 Å². The lowest BCUT2D eigenvalue weighted by Crippen LogP contribution is -2.28. The van der Waals surface area contributed by atoms with Gasteiger partial charge in [-0.1, -0.05) is 0 Å². The van der Waals surface area contributed by atoms with E-state index in [4.69, 9.17) is 5.73 Å². The van der Waals surface area contributed by atoms with Crippen molar-refractivity contribution < 1.29 is 8.42 Å². The van der Waals surface area contributed by atoms with Gasteiger partial charge in [-0.2, -0.15) is 4.31 Å². The maximum atomic E-state index is 12.3. The van der Waals surface area contributed by atoms with Crippen LogP contribution in [0.2, 0.25) is 0 Å². The minimum atomic E-state index is -3.31. The molecule has 0 radical (unpaired) electrons. The monoisotopic (exact) mass is 240 g/mol. The van der Waals surface area contributed by atoms with Gasteiger partial charge >= 0.3 is 0 Å². The van der Waals surface area contributed by atoms with Crippen LogP contribution in [0.25, 0.3) is 0 Å². The normalized spacial score (nSPS) is 17.8. The molecule has 2 N–H and O–H groups in total. The van der Waals surface area contributed by atoms with Gasteiger partial charge in [0.25, 0.3) is 0 Å². The van der Waals surface area contributed by atoms with Crippen LogP contribution in [-0.2, 0) is 10.0 Å². The van der Waals surface area contributed by atoms with Gasteiger partial charge in [0.15, 0.2) is 0 Å². The van der Waals surface area contributed by atoms with E-state index in [1.807, 2.05) is 0 Å². The Morgan fingerprint density at radius 2 is 1.88 bits per heavy atom. The molecular formula is C11H16N2O2S. The van der Waals surface area contributed by atoms with Gasteiger partial charge in [0, 0.05) is 18.8 Å². The Labute approximate surface area is 96.1 Å². The number of anilines is 1. The molecule has 16 heavy (non-hydrogen) atoms. The number of benzene rings is 1. The topological polar surface area (TPSA) is 63.4 Å². The van der Waals surface area contributed by atoms with Crippen molar-refractivity contribution in [3.63, 3.8) is 0 Å². The van der Waals surface area contributed by atoms with Crippen LogP contribution < -0.4 is 5.73 Å². The summed E-state index contributed by atoms with van der Waals surface area (Å²) in [6, 6.07) is 4.93. The minimum absolute atomic E-state index is 0.378. The second kappa shape index (κ2) is 4.07. The predicted octanol–water partition coefficient (Wildman–Crippen LogP) is 1.36. The molecule has 2 rings (SSSR count). The van der Waals surface area contributed by atoms with E-state index in [1.54, 1.807) is 29.4 Å². The van der Waals surface area contributed by atoms with E-state index in [0.29, 0.717) is 29.2 Å². The average Bonchev–Trinajstić information content (AvgIpc) is 2.69. The fourth-order valence-electron chi connectivity index (χ4n) is 2.03. The molecule has 1 aromatic rings. The van der Waals surface area contributed by atoms with Gasteiger partial charge in [0.2, 0.25) is 10.0 Å². The lowest BCUT2D eigenvalue weighted by atomic mass is 10.2. The fourth-order valence-corrected chi connectivity index (χ4v) is 3.75. The average molecular weight is 240 g/mol. The van der Waals surface area contributed by atoms with Crippen molar-refractivity contribution in [3.05, 3.63) is 23.8 Å². The van der Waals surface area contributed by atoms with Crippen LogP contribution in [0.1, 0.15) is 18.4 Å². The van der Waals surface area contributed by atoms with Gasteiger partial charge in [-0.15, -0.1) is 0 Å². The van der Waals surface area contributed by atoms with Crippen LogP contribution in [0.3, 0.4) is 0 Å². The Kier molecular flexibility index (Phi) is 2.90. The zero-order valence-electron chi connectivity index (χ0n) is 9.31. The highest BCUT2D eigenvalue weighted by Gasteiger charge is 2.28. The first-order chi connectivity index (χ1) is 7.51. The molecule has 1 fully saturated rings. The molecule has 0 spiro atoms. The Morgan fingerprint density at radius 3 is 2.44 bits per heavy atom. The third kappa shape index (κ3) is 1.92. The zero-order chi connectivity index (χ0) is 11.8. The van der Waals surface area contributed by atoms with Gasteiger partial charge in [-0.05, 0) is 43.5 Å². The van der Waals surface area contributed by atoms with E-state index >= 15 is 0 Å². The van der Waals surface area contributed by atoms with Gasteiger partial charge in [0.1, 0.15) is 0 Å². The minimum Gasteiger partial charge on any atom is -0.399 e. The molecule has 0 bridgehead atoms. The Bertz CT molecular complexity index is 491. The van der Waals surface area contributed by atoms with E-state index < -0.39 is 10.0 Å². The molecule has 0 saturated carbocycles. The van der Waals surface area contributed by atoms with E-state index in [1.165, 1.54) is 0 Å². The molecular weight excluding hydrogens is 224 g/mol. The molecule has 1 aromatic carbocycles. The summed E-state index contributed by atoms with van der Waals surface area (Å²) in [4.78, 5) is 0.378. The smallest absolute Gasteiger partial charge is 0.243 e. The Balaban J connectivity index is 2.42. The number of hydrogen-bond donors (Lipinski definition) is 1. The van der Waals surface area contributed by atoms with Crippen molar-refractivity contribution in [1.82, 2.24) is 4.31 Å². The van der Waals surface area contributed by atoms with Crippen LogP contribution in [0.15, 0.2) is 23.1 Å². The summed E-state index contributed by atoms with van der Waals surface area (Å²) in [6.45, 7) is 3.04. The molecule has 0 atom stereocenters. The quantitative estimate of drug-likeness (QED) is 0.794. The van der Waals surface area contributed by atoms with E-state index in [0.717, 1.165) is 12.8 Å². The van der Waals surface area contributed by atoms with E-state index in [-0.39, 0.29) is 0 Å². The summed E-state index contributed by atoms with van der Waals surface area (Å²) in [5.41, 5.74) is 6.93. The van der Waals surface area contributed by atoms with Crippen molar-refractivity contribution in [2.75, 3.05) is 18.8 Å². The summed E-state index contributed by atoms with van der Waals surface area (Å²) in [6.07, 6.45) is 1.90. The summed E-state index contributed by atoms with van der Waals surface area (Å²) in [7, 11) is -3.31. The number of rotatable bonds is 2. The first-order valence-electron chi connectivity index (χ1n) is 5.38. The lowest BCUT2D eigenvalue weighted by molar-refractivity contribution is 0.477. The second-order valence-corrected chi connectivity index (χ2v) is 6.04. The summed E-state index contributed by atoms with van der Waals surface area (Å²) in [5, 5.41) is 0. The molecule has 88 valence electrons. The maximum absolute atomic E-state index is 12.3. The molecule has 0 amide bonds. The highest BCUT2D eigenvalue weighted by Crippen LogP contribution is 2.24. The molecule has 4 nitrogen and oxygen atoms in total. The molecule has 0 aliphatic carbocycles. The summed E-state index contributed by atoms with van der Waals surface area (Å²) in [5.74, 6) is 0. The number of aryl methyl sites for hydroxylation is 1. The number of nitrogens with two attached hydrogens (primary N) is 1. The SMILES string of the molecule is Cc1cc(N)ccc1S(=O)(=O)N1CCCC1. The van der Waals surface area contributed by atoms with Crippen LogP contribution >= 0.6 is 0 Å².